The Morgan fingerprint density at radius 2 is 1.93 bits per heavy atom. The normalized spacial score (nSPS) is 18.7. The van der Waals surface area contributed by atoms with E-state index in [0.717, 1.165) is 0 Å². The fourth-order valence-electron chi connectivity index (χ4n) is 1.23. The van der Waals surface area contributed by atoms with Crippen LogP contribution >= 0.6 is 0 Å². The Bertz CT molecular complexity index is 435. The lowest BCUT2D eigenvalue weighted by Gasteiger charge is -2.10. The second-order valence-electron chi connectivity index (χ2n) is 3.06. The molecule has 7 heteroatoms. The van der Waals surface area contributed by atoms with Crippen LogP contribution in [0.2, 0.25) is 0 Å². The topological polar surface area (TPSA) is 97.4 Å². The predicted octanol–water partition coefficient (Wildman–Crippen LogP) is 0.209. The summed E-state index contributed by atoms with van der Waals surface area (Å²) in [5.41, 5.74) is 0. The van der Waals surface area contributed by atoms with E-state index in [1.54, 1.807) is 12.1 Å². The van der Waals surface area contributed by atoms with Crippen molar-refractivity contribution < 1.29 is 13.7 Å². The molecule has 0 aliphatic carbocycles. The lowest BCUT2D eigenvalue weighted by Crippen LogP contribution is -2.39. The summed E-state index contributed by atoms with van der Waals surface area (Å²) in [5.74, 6) is 1.27. The summed E-state index contributed by atoms with van der Waals surface area (Å²) < 4.78 is 30.8. The summed E-state index contributed by atoms with van der Waals surface area (Å²) in [6.07, 6.45) is -0.586. The Balaban J connectivity index is 1.96. The molecule has 2 rings (SSSR count). The van der Waals surface area contributed by atoms with Crippen LogP contribution in [0.1, 0.15) is 0 Å². The standard InChI is InChI=1S/C8H11N3O3S/c9-15(10,12)11-5-8-13-6-3-1-2-4-7(6)14-8/h1-4,8H,5H2,(H4,9,10,11,12). The number of ether oxygens (including phenoxy) is 2. The summed E-state index contributed by atoms with van der Waals surface area (Å²) in [5, 5.41) is 4.99. The summed E-state index contributed by atoms with van der Waals surface area (Å²) in [4.78, 5) is 0. The van der Waals surface area contributed by atoms with Crippen LogP contribution in [0, 0.1) is 4.78 Å². The Morgan fingerprint density at radius 1 is 1.40 bits per heavy atom. The van der Waals surface area contributed by atoms with Crippen LogP contribution in [0.5, 0.6) is 11.5 Å². The van der Waals surface area contributed by atoms with E-state index in [1.807, 2.05) is 12.1 Å². The quantitative estimate of drug-likeness (QED) is 0.691. The van der Waals surface area contributed by atoms with Crippen molar-refractivity contribution in [2.45, 2.75) is 6.29 Å². The molecule has 1 aromatic rings. The molecule has 82 valence electrons. The molecule has 1 atom stereocenters. The Morgan fingerprint density at radius 3 is 2.40 bits per heavy atom. The van der Waals surface area contributed by atoms with Crippen molar-refractivity contribution in [3.63, 3.8) is 0 Å². The monoisotopic (exact) mass is 229 g/mol. The van der Waals surface area contributed by atoms with Gasteiger partial charge >= 0.3 is 0 Å². The average Bonchev–Trinajstić information content (AvgIpc) is 2.56. The molecule has 0 saturated heterocycles. The minimum atomic E-state index is -3.21. The van der Waals surface area contributed by atoms with Gasteiger partial charge in [0.1, 0.15) is 0 Å². The van der Waals surface area contributed by atoms with Gasteiger partial charge in [-0.25, -0.2) is 18.8 Å². The Labute approximate surface area is 87.6 Å². The van der Waals surface area contributed by atoms with Crippen LogP contribution in [0.15, 0.2) is 24.3 Å². The fraction of sp³-hybridized carbons (Fsp3) is 0.250. The maximum atomic E-state index is 10.8. The minimum absolute atomic E-state index is 0.105. The van der Waals surface area contributed by atoms with Crippen molar-refractivity contribution in [3.8, 4) is 11.5 Å². The molecule has 4 N–H and O–H groups in total. The van der Waals surface area contributed by atoms with E-state index in [4.69, 9.17) is 19.4 Å². The average molecular weight is 229 g/mol. The fourth-order valence-corrected chi connectivity index (χ4v) is 1.61. The van der Waals surface area contributed by atoms with Gasteiger partial charge in [-0.1, -0.05) is 12.1 Å². The second kappa shape index (κ2) is 3.69. The van der Waals surface area contributed by atoms with Gasteiger partial charge in [-0.3, -0.25) is 0 Å². The van der Waals surface area contributed by atoms with E-state index in [9.17, 15) is 4.21 Å². The minimum Gasteiger partial charge on any atom is -0.450 e. The maximum Gasteiger partial charge on any atom is 0.254 e. The Kier molecular flexibility index (Phi) is 2.51. The highest BCUT2D eigenvalue weighted by Crippen LogP contribution is 2.33. The molecule has 1 heterocycles. The largest absolute Gasteiger partial charge is 0.450 e. The van der Waals surface area contributed by atoms with Gasteiger partial charge in [0.05, 0.1) is 6.54 Å². The first kappa shape index (κ1) is 10.2. The van der Waals surface area contributed by atoms with E-state index in [2.05, 4.69) is 4.72 Å². The van der Waals surface area contributed by atoms with Crippen LogP contribution in [0.3, 0.4) is 0 Å². The number of hydrogen-bond acceptors (Lipinski definition) is 4. The van der Waals surface area contributed by atoms with Crippen molar-refractivity contribution in [1.82, 2.24) is 4.72 Å². The molecule has 0 fully saturated rings. The number of para-hydroxylation sites is 2. The van der Waals surface area contributed by atoms with Gasteiger partial charge in [0, 0.05) is 0 Å². The third-order valence-electron chi connectivity index (χ3n) is 1.83. The molecule has 0 aromatic heterocycles. The van der Waals surface area contributed by atoms with Crippen LogP contribution in [-0.4, -0.2) is 17.0 Å². The molecule has 0 amide bonds. The van der Waals surface area contributed by atoms with Crippen molar-refractivity contribution in [3.05, 3.63) is 24.3 Å². The van der Waals surface area contributed by atoms with Crippen molar-refractivity contribution >= 4 is 10.1 Å². The molecule has 0 radical (unpaired) electrons. The molecule has 1 aromatic carbocycles. The highest BCUT2D eigenvalue weighted by molar-refractivity contribution is 7.88. The third-order valence-corrected chi connectivity index (χ3v) is 2.43. The molecule has 0 saturated carbocycles. The summed E-state index contributed by atoms with van der Waals surface area (Å²) in [6, 6.07) is 7.20. The molecule has 0 bridgehead atoms. The van der Waals surface area contributed by atoms with E-state index in [1.165, 1.54) is 0 Å². The van der Waals surface area contributed by atoms with E-state index >= 15 is 0 Å². The zero-order chi connectivity index (χ0) is 10.9. The van der Waals surface area contributed by atoms with Crippen molar-refractivity contribution in [2.24, 2.45) is 5.14 Å². The maximum absolute atomic E-state index is 10.8. The zero-order valence-electron chi connectivity index (χ0n) is 7.80. The van der Waals surface area contributed by atoms with Crippen LogP contribution < -0.4 is 19.3 Å². The lowest BCUT2D eigenvalue weighted by molar-refractivity contribution is 0.0548. The number of rotatable bonds is 3. The molecular weight excluding hydrogens is 218 g/mol. The van der Waals surface area contributed by atoms with Crippen molar-refractivity contribution in [2.75, 3.05) is 6.54 Å². The summed E-state index contributed by atoms with van der Waals surface area (Å²) in [7, 11) is -3.21. The molecule has 0 spiro atoms. The molecule has 6 nitrogen and oxygen atoms in total. The number of fused-ring (bicyclic) bond motifs is 1. The number of nitrogens with two attached hydrogens (primary N) is 1. The number of hydrogen-bond donors (Lipinski definition) is 3. The third kappa shape index (κ3) is 2.58. The van der Waals surface area contributed by atoms with E-state index in [-0.39, 0.29) is 6.54 Å². The smallest absolute Gasteiger partial charge is 0.254 e. The first-order valence-corrected chi connectivity index (χ1v) is 5.90. The van der Waals surface area contributed by atoms with Crippen LogP contribution in [0.4, 0.5) is 0 Å². The SMILES string of the molecule is N=S(N)(=O)NCC1Oc2ccccc2O1. The molecule has 1 aliphatic rings. The molecule has 15 heavy (non-hydrogen) atoms. The van der Waals surface area contributed by atoms with E-state index < -0.39 is 16.4 Å². The van der Waals surface area contributed by atoms with Gasteiger partial charge < -0.3 is 9.47 Å². The highest BCUT2D eigenvalue weighted by atomic mass is 32.2. The lowest BCUT2D eigenvalue weighted by atomic mass is 10.3. The van der Waals surface area contributed by atoms with Gasteiger partial charge in [0.15, 0.2) is 21.6 Å². The first-order chi connectivity index (χ1) is 7.04. The number of nitrogens with one attached hydrogen (secondary N) is 2. The van der Waals surface area contributed by atoms with Crippen molar-refractivity contribution in [1.29, 1.82) is 4.78 Å². The van der Waals surface area contributed by atoms with Crippen LogP contribution in [0.25, 0.3) is 0 Å². The van der Waals surface area contributed by atoms with E-state index in [0.29, 0.717) is 11.5 Å². The van der Waals surface area contributed by atoms with Gasteiger partial charge in [0.2, 0.25) is 0 Å². The van der Waals surface area contributed by atoms with Crippen LogP contribution in [-0.2, 0) is 10.1 Å². The first-order valence-electron chi connectivity index (χ1n) is 4.28. The Hall–Kier alpha value is -1.31. The molecule has 1 aliphatic heterocycles. The summed E-state index contributed by atoms with van der Waals surface area (Å²) >= 11 is 0. The van der Waals surface area contributed by atoms with Gasteiger partial charge in [-0.05, 0) is 12.1 Å². The zero-order valence-corrected chi connectivity index (χ0v) is 8.62. The predicted molar refractivity (Wildman–Crippen MR) is 54.5 cm³/mol. The van der Waals surface area contributed by atoms with Gasteiger partial charge in [-0.2, -0.15) is 0 Å². The molecule has 1 unspecified atom stereocenters. The van der Waals surface area contributed by atoms with Gasteiger partial charge in [-0.15, -0.1) is 0 Å². The molecular formula is C8H11N3O3S. The second-order valence-corrected chi connectivity index (χ2v) is 4.55. The van der Waals surface area contributed by atoms with Gasteiger partial charge in [0.25, 0.3) is 6.29 Å². The highest BCUT2D eigenvalue weighted by Gasteiger charge is 2.23. The summed E-state index contributed by atoms with van der Waals surface area (Å²) in [6.45, 7) is 0.105. The number of benzene rings is 1.